The van der Waals surface area contributed by atoms with Crippen LogP contribution in [0, 0.1) is 5.92 Å². The summed E-state index contributed by atoms with van der Waals surface area (Å²) in [4.78, 5) is 13.9. The molecule has 1 unspecified atom stereocenters. The number of benzene rings is 1. The van der Waals surface area contributed by atoms with Crippen LogP contribution in [0.5, 0.6) is 5.75 Å². The molecule has 0 aliphatic carbocycles. The van der Waals surface area contributed by atoms with E-state index in [9.17, 15) is 0 Å². The van der Waals surface area contributed by atoms with E-state index in [2.05, 4.69) is 56.6 Å². The summed E-state index contributed by atoms with van der Waals surface area (Å²) in [6, 6.07) is 12.9. The minimum Gasteiger partial charge on any atom is -0.495 e. The maximum atomic E-state index is 5.53. The van der Waals surface area contributed by atoms with Gasteiger partial charge in [-0.2, -0.15) is 0 Å². The lowest BCUT2D eigenvalue weighted by atomic mass is 9.99. The van der Waals surface area contributed by atoms with Crippen LogP contribution in [0.25, 0.3) is 0 Å². The second-order valence-electron chi connectivity index (χ2n) is 8.87. The molecule has 1 aromatic carbocycles. The van der Waals surface area contributed by atoms with Crippen molar-refractivity contribution in [1.29, 1.82) is 0 Å². The number of para-hydroxylation sites is 2. The van der Waals surface area contributed by atoms with Crippen molar-refractivity contribution in [1.82, 2.24) is 15.6 Å². The Kier molecular flexibility index (Phi) is 9.46. The molecule has 180 valence electrons. The lowest BCUT2D eigenvalue weighted by molar-refractivity contribution is 0.415. The molecule has 2 aliphatic rings. The zero-order chi connectivity index (χ0) is 22.3. The van der Waals surface area contributed by atoms with E-state index in [1.807, 2.05) is 25.4 Å². The number of halogens is 1. The molecule has 0 amide bonds. The van der Waals surface area contributed by atoms with Gasteiger partial charge in [-0.15, -0.1) is 24.0 Å². The summed E-state index contributed by atoms with van der Waals surface area (Å²) in [6.45, 7) is 7.17. The van der Waals surface area contributed by atoms with Crippen molar-refractivity contribution in [3.8, 4) is 5.75 Å². The van der Waals surface area contributed by atoms with Crippen LogP contribution in [0.4, 0.5) is 11.5 Å². The largest absolute Gasteiger partial charge is 0.495 e. The maximum Gasteiger partial charge on any atom is 0.191 e. The Morgan fingerprint density at radius 3 is 2.55 bits per heavy atom. The van der Waals surface area contributed by atoms with Gasteiger partial charge in [0.15, 0.2) is 5.96 Å². The smallest absolute Gasteiger partial charge is 0.191 e. The molecule has 1 aromatic heterocycles. The Hall–Kier alpha value is -2.23. The highest BCUT2D eigenvalue weighted by Crippen LogP contribution is 2.30. The minimum atomic E-state index is 0. The first-order valence-corrected chi connectivity index (χ1v) is 11.7. The number of nitrogens with one attached hydrogen (secondary N) is 2. The van der Waals surface area contributed by atoms with Crippen LogP contribution in [-0.2, 0) is 6.54 Å². The van der Waals surface area contributed by atoms with Gasteiger partial charge in [0.2, 0.25) is 0 Å². The first-order chi connectivity index (χ1) is 15.7. The van der Waals surface area contributed by atoms with Gasteiger partial charge in [0, 0.05) is 52.0 Å². The highest BCUT2D eigenvalue weighted by molar-refractivity contribution is 14.0. The third-order valence-electron chi connectivity index (χ3n) is 6.56. The fourth-order valence-electron chi connectivity index (χ4n) is 4.51. The molecule has 2 saturated heterocycles. The molecule has 0 bridgehead atoms. The quantitative estimate of drug-likeness (QED) is 0.316. The molecule has 2 aliphatic heterocycles. The summed E-state index contributed by atoms with van der Waals surface area (Å²) >= 11 is 0. The van der Waals surface area contributed by atoms with Gasteiger partial charge in [-0.3, -0.25) is 4.99 Å². The van der Waals surface area contributed by atoms with E-state index < -0.39 is 0 Å². The van der Waals surface area contributed by atoms with Crippen molar-refractivity contribution in [2.45, 2.75) is 38.8 Å². The summed E-state index contributed by atoms with van der Waals surface area (Å²) in [5, 5.41) is 7.00. The van der Waals surface area contributed by atoms with E-state index in [4.69, 9.17) is 9.72 Å². The van der Waals surface area contributed by atoms with Crippen molar-refractivity contribution in [2.75, 3.05) is 50.1 Å². The normalized spacial score (nSPS) is 19.2. The topological polar surface area (TPSA) is 65.0 Å². The number of methoxy groups -OCH3 is 1. The van der Waals surface area contributed by atoms with Crippen LogP contribution >= 0.6 is 24.0 Å². The molecule has 2 fully saturated rings. The molecule has 2 N–H and O–H groups in total. The number of piperidine rings is 1. The summed E-state index contributed by atoms with van der Waals surface area (Å²) in [6.07, 6.45) is 5.54. The van der Waals surface area contributed by atoms with E-state index >= 15 is 0 Å². The molecule has 1 atom stereocenters. The lowest BCUT2D eigenvalue weighted by Gasteiger charge is -2.31. The third-order valence-corrected chi connectivity index (χ3v) is 6.56. The number of aliphatic imine (C=N–C) groups is 1. The number of hydrogen-bond donors (Lipinski definition) is 2. The molecule has 33 heavy (non-hydrogen) atoms. The average molecular weight is 565 g/mol. The van der Waals surface area contributed by atoms with Gasteiger partial charge in [0.05, 0.1) is 12.8 Å². The second kappa shape index (κ2) is 12.3. The van der Waals surface area contributed by atoms with Gasteiger partial charge in [-0.1, -0.05) is 25.1 Å². The van der Waals surface area contributed by atoms with E-state index in [-0.39, 0.29) is 24.0 Å². The number of aromatic nitrogens is 1. The summed E-state index contributed by atoms with van der Waals surface area (Å²) in [5.74, 6) is 3.66. The number of nitrogens with zero attached hydrogens (tertiary/aromatic N) is 4. The molecule has 8 heteroatoms. The minimum absolute atomic E-state index is 0. The second-order valence-corrected chi connectivity index (χ2v) is 8.87. The number of pyridine rings is 1. The number of anilines is 2. The van der Waals surface area contributed by atoms with Gasteiger partial charge in [0.1, 0.15) is 11.6 Å². The highest BCUT2D eigenvalue weighted by Gasteiger charge is 2.25. The molecule has 0 saturated carbocycles. The van der Waals surface area contributed by atoms with Crippen LogP contribution in [-0.4, -0.2) is 57.3 Å². The van der Waals surface area contributed by atoms with E-state index in [1.165, 1.54) is 12.8 Å². The van der Waals surface area contributed by atoms with E-state index in [0.29, 0.717) is 12.6 Å². The predicted octanol–water partition coefficient (Wildman–Crippen LogP) is 3.89. The van der Waals surface area contributed by atoms with Gasteiger partial charge >= 0.3 is 0 Å². The highest BCUT2D eigenvalue weighted by atomic mass is 127. The van der Waals surface area contributed by atoms with Crippen molar-refractivity contribution in [3.63, 3.8) is 0 Å². The van der Waals surface area contributed by atoms with Crippen LogP contribution in [0.15, 0.2) is 47.6 Å². The standard InChI is InChI=1S/C25H36N6O.HI/c1-19-10-13-30(14-11-19)24-9-8-20(16-27-24)17-28-25(26-2)29-21-12-15-31(18-21)22-6-4-5-7-23(22)32-3;/h4-9,16,19,21H,10-15,17-18H2,1-3H3,(H2,26,28,29);1H. The van der Waals surface area contributed by atoms with Crippen molar-refractivity contribution >= 4 is 41.4 Å². The van der Waals surface area contributed by atoms with Crippen LogP contribution in [0.3, 0.4) is 0 Å². The van der Waals surface area contributed by atoms with Crippen molar-refractivity contribution in [3.05, 3.63) is 48.2 Å². The number of rotatable bonds is 6. The average Bonchev–Trinajstić information content (AvgIpc) is 3.31. The number of guanidine groups is 1. The fourth-order valence-corrected chi connectivity index (χ4v) is 4.51. The Balaban J connectivity index is 0.00000306. The maximum absolute atomic E-state index is 5.53. The molecular formula is C25H37IN6O. The Morgan fingerprint density at radius 2 is 1.85 bits per heavy atom. The van der Waals surface area contributed by atoms with Crippen LogP contribution in [0.1, 0.15) is 31.7 Å². The first kappa shape index (κ1) is 25.4. The molecular weight excluding hydrogens is 527 g/mol. The zero-order valence-corrected chi connectivity index (χ0v) is 22.3. The molecule has 4 rings (SSSR count). The Labute approximate surface area is 215 Å². The van der Waals surface area contributed by atoms with Gasteiger partial charge in [-0.05, 0) is 48.9 Å². The van der Waals surface area contributed by atoms with E-state index in [0.717, 1.165) is 67.3 Å². The zero-order valence-electron chi connectivity index (χ0n) is 20.0. The van der Waals surface area contributed by atoms with Gasteiger partial charge in [0.25, 0.3) is 0 Å². The fraction of sp³-hybridized carbons (Fsp3) is 0.520. The van der Waals surface area contributed by atoms with Crippen molar-refractivity contribution in [2.24, 2.45) is 10.9 Å². The third kappa shape index (κ3) is 6.65. The van der Waals surface area contributed by atoms with Gasteiger partial charge in [-0.25, -0.2) is 4.98 Å². The number of ether oxygens (including phenoxy) is 1. The lowest BCUT2D eigenvalue weighted by Crippen LogP contribution is -2.44. The molecule has 2 aromatic rings. The number of hydrogen-bond acceptors (Lipinski definition) is 5. The molecule has 0 spiro atoms. The molecule has 7 nitrogen and oxygen atoms in total. The summed E-state index contributed by atoms with van der Waals surface area (Å²) < 4.78 is 5.53. The summed E-state index contributed by atoms with van der Waals surface area (Å²) in [5.41, 5.74) is 2.31. The first-order valence-electron chi connectivity index (χ1n) is 11.7. The van der Waals surface area contributed by atoms with Crippen LogP contribution in [0.2, 0.25) is 0 Å². The Bertz CT molecular complexity index is 898. The summed E-state index contributed by atoms with van der Waals surface area (Å²) in [7, 11) is 3.55. The van der Waals surface area contributed by atoms with Crippen molar-refractivity contribution < 1.29 is 4.74 Å². The SMILES string of the molecule is CN=C(NCc1ccc(N2CCC(C)CC2)nc1)NC1CCN(c2ccccc2OC)C1.I. The van der Waals surface area contributed by atoms with Gasteiger partial charge < -0.3 is 25.2 Å². The Morgan fingerprint density at radius 1 is 1.09 bits per heavy atom. The molecule has 3 heterocycles. The monoisotopic (exact) mass is 564 g/mol. The predicted molar refractivity (Wildman–Crippen MR) is 147 cm³/mol. The van der Waals surface area contributed by atoms with E-state index in [1.54, 1.807) is 7.11 Å². The molecule has 0 radical (unpaired) electrons. The van der Waals surface area contributed by atoms with Crippen LogP contribution < -0.4 is 25.2 Å².